The smallest absolute Gasteiger partial charge is 0.420 e. The van der Waals surface area contributed by atoms with Crippen LogP contribution in [0.3, 0.4) is 0 Å². The Bertz CT molecular complexity index is 1300. The Morgan fingerprint density at radius 2 is 1.27 bits per heavy atom. The van der Waals surface area contributed by atoms with E-state index in [2.05, 4.69) is 17.9 Å². The molecule has 0 aliphatic heterocycles. The second-order valence-corrected chi connectivity index (χ2v) is 7.47. The van der Waals surface area contributed by atoms with Gasteiger partial charge in [0, 0.05) is 6.08 Å². The molecule has 12 heteroatoms. The third-order valence-electron chi connectivity index (χ3n) is 4.83. The lowest BCUT2D eigenvalue weighted by Crippen LogP contribution is -2.14. The first-order chi connectivity index (χ1) is 19.2. The number of carbonyl (C=O) groups excluding carboxylic acids is 2. The fourth-order valence-corrected chi connectivity index (χ4v) is 2.93. The average molecular weight is 560 g/mol. The molecule has 0 fully saturated rings. The second kappa shape index (κ2) is 14.1. The van der Waals surface area contributed by atoms with Gasteiger partial charge in [0.15, 0.2) is 0 Å². The highest BCUT2D eigenvalue weighted by Crippen LogP contribution is 2.38. The van der Waals surface area contributed by atoms with Crippen LogP contribution in [0.25, 0.3) is 0 Å². The largest absolute Gasteiger partial charge is 0.466 e. The van der Waals surface area contributed by atoms with Gasteiger partial charge in [-0.05, 0) is 66.7 Å². The number of halogens is 3. The maximum absolute atomic E-state index is 13.7. The van der Waals surface area contributed by atoms with Crippen LogP contribution < -0.4 is 23.7 Å². The van der Waals surface area contributed by atoms with E-state index >= 15 is 0 Å². The summed E-state index contributed by atoms with van der Waals surface area (Å²) < 4.78 is 76.7. The number of ether oxygens (including phenoxy) is 7. The molecule has 0 saturated heterocycles. The molecular weight excluding hydrogens is 537 g/mol. The fraction of sp³-hybridized carbons (Fsp3) is 0.143. The molecule has 0 aromatic heterocycles. The molecular formula is C28H23F3O9. The molecule has 3 aromatic carbocycles. The SMILES string of the molecule is C=COCOc1ccc(OCOc2ccc(OC(=O)c3ccc(OCOC(=O)C=C)cc3)cc2C(F)(F)F)cc1. The molecule has 0 aliphatic carbocycles. The van der Waals surface area contributed by atoms with Crippen molar-refractivity contribution in [2.24, 2.45) is 0 Å². The minimum atomic E-state index is -4.81. The van der Waals surface area contributed by atoms with Crippen molar-refractivity contribution < 1.29 is 55.9 Å². The van der Waals surface area contributed by atoms with E-state index in [4.69, 9.17) is 28.4 Å². The Morgan fingerprint density at radius 1 is 0.725 bits per heavy atom. The lowest BCUT2D eigenvalue weighted by Gasteiger charge is -2.16. The Balaban J connectivity index is 1.58. The van der Waals surface area contributed by atoms with Crippen molar-refractivity contribution in [2.45, 2.75) is 6.18 Å². The summed E-state index contributed by atoms with van der Waals surface area (Å²) >= 11 is 0. The van der Waals surface area contributed by atoms with Crippen LogP contribution in [-0.2, 0) is 20.4 Å². The van der Waals surface area contributed by atoms with Crippen LogP contribution >= 0.6 is 0 Å². The van der Waals surface area contributed by atoms with Crippen LogP contribution in [0.1, 0.15) is 15.9 Å². The zero-order valence-electron chi connectivity index (χ0n) is 20.8. The summed E-state index contributed by atoms with van der Waals surface area (Å²) in [4.78, 5) is 23.5. The molecule has 0 bridgehead atoms. The number of esters is 2. The van der Waals surface area contributed by atoms with Gasteiger partial charge >= 0.3 is 18.1 Å². The quantitative estimate of drug-likeness (QED) is 0.0596. The van der Waals surface area contributed by atoms with Gasteiger partial charge in [-0.15, -0.1) is 0 Å². The predicted octanol–water partition coefficient (Wildman–Crippen LogP) is 5.90. The molecule has 0 saturated carbocycles. The third kappa shape index (κ3) is 9.01. The average Bonchev–Trinajstić information content (AvgIpc) is 2.94. The second-order valence-electron chi connectivity index (χ2n) is 7.47. The van der Waals surface area contributed by atoms with Crippen molar-refractivity contribution in [2.75, 3.05) is 20.4 Å². The Labute approximate surface area is 226 Å². The third-order valence-corrected chi connectivity index (χ3v) is 4.83. The molecule has 0 atom stereocenters. The maximum Gasteiger partial charge on any atom is 0.420 e. The van der Waals surface area contributed by atoms with Gasteiger partial charge in [0.1, 0.15) is 34.3 Å². The number of alkyl halides is 3. The summed E-state index contributed by atoms with van der Waals surface area (Å²) in [5.74, 6) is -1.36. The van der Waals surface area contributed by atoms with Gasteiger partial charge in [-0.1, -0.05) is 13.2 Å². The standard InChI is InChI=1S/C28H23F3O9/c1-3-26(32)39-18-37-20-7-5-19(6-8-20)27(33)40-23-13-14-25(24(15-23)28(29,30)31)38-17-36-22-11-9-21(10-12-22)35-16-34-4-2/h3-15H,1-2,16-18H2. The van der Waals surface area contributed by atoms with E-state index in [0.29, 0.717) is 17.6 Å². The topological polar surface area (TPSA) is 98.8 Å². The predicted molar refractivity (Wildman–Crippen MR) is 134 cm³/mol. The number of carbonyl (C=O) groups is 2. The van der Waals surface area contributed by atoms with Crippen molar-refractivity contribution in [1.29, 1.82) is 0 Å². The summed E-state index contributed by atoms with van der Waals surface area (Å²) in [5, 5.41) is 0. The van der Waals surface area contributed by atoms with Gasteiger partial charge in [0.2, 0.25) is 20.4 Å². The van der Waals surface area contributed by atoms with Gasteiger partial charge < -0.3 is 33.2 Å². The molecule has 0 heterocycles. The molecule has 0 N–H and O–H groups in total. The summed E-state index contributed by atoms with van der Waals surface area (Å²) in [6.45, 7) is 5.70. The van der Waals surface area contributed by atoms with Crippen molar-refractivity contribution >= 4 is 11.9 Å². The monoisotopic (exact) mass is 560 g/mol. The fourth-order valence-electron chi connectivity index (χ4n) is 2.93. The molecule has 40 heavy (non-hydrogen) atoms. The lowest BCUT2D eigenvalue weighted by atomic mass is 10.1. The van der Waals surface area contributed by atoms with Crippen LogP contribution in [0.5, 0.6) is 28.7 Å². The highest BCUT2D eigenvalue weighted by Gasteiger charge is 2.35. The number of hydrogen-bond donors (Lipinski definition) is 0. The van der Waals surface area contributed by atoms with Crippen LogP contribution in [0.15, 0.2) is 92.2 Å². The minimum Gasteiger partial charge on any atom is -0.466 e. The highest BCUT2D eigenvalue weighted by atomic mass is 19.4. The van der Waals surface area contributed by atoms with Crippen LogP contribution in [-0.4, -0.2) is 32.3 Å². The zero-order valence-corrected chi connectivity index (χ0v) is 20.8. The normalized spacial score (nSPS) is 10.6. The molecule has 210 valence electrons. The van der Waals surface area contributed by atoms with Crippen molar-refractivity contribution in [1.82, 2.24) is 0 Å². The van der Waals surface area contributed by atoms with E-state index in [9.17, 15) is 22.8 Å². The van der Waals surface area contributed by atoms with Gasteiger partial charge in [0.25, 0.3) is 0 Å². The van der Waals surface area contributed by atoms with E-state index in [1.807, 2.05) is 0 Å². The van der Waals surface area contributed by atoms with Gasteiger partial charge in [-0.25, -0.2) is 9.59 Å². The molecule has 0 spiro atoms. The number of rotatable bonds is 14. The molecule has 3 rings (SSSR count). The molecule has 3 aromatic rings. The molecule has 0 unspecified atom stereocenters. The highest BCUT2D eigenvalue weighted by molar-refractivity contribution is 5.91. The Morgan fingerprint density at radius 3 is 1.85 bits per heavy atom. The van der Waals surface area contributed by atoms with E-state index in [1.165, 1.54) is 42.7 Å². The van der Waals surface area contributed by atoms with Crippen LogP contribution in [0, 0.1) is 0 Å². The van der Waals surface area contributed by atoms with Crippen molar-refractivity contribution in [3.8, 4) is 28.7 Å². The summed E-state index contributed by atoms with van der Waals surface area (Å²) in [7, 11) is 0. The summed E-state index contributed by atoms with van der Waals surface area (Å²) in [5.41, 5.74) is -1.12. The first-order valence-corrected chi connectivity index (χ1v) is 11.4. The van der Waals surface area contributed by atoms with E-state index in [-0.39, 0.29) is 30.6 Å². The van der Waals surface area contributed by atoms with Crippen molar-refractivity contribution in [3.05, 3.63) is 103 Å². The molecule has 0 aliphatic rings. The van der Waals surface area contributed by atoms with Gasteiger partial charge in [-0.2, -0.15) is 13.2 Å². The van der Waals surface area contributed by atoms with Crippen LogP contribution in [0.2, 0.25) is 0 Å². The van der Waals surface area contributed by atoms with E-state index in [1.54, 1.807) is 12.1 Å². The molecule has 0 amide bonds. The molecule has 9 nitrogen and oxygen atoms in total. The van der Waals surface area contributed by atoms with E-state index in [0.717, 1.165) is 18.2 Å². The Hall–Kier alpha value is -5.13. The minimum absolute atomic E-state index is 0.0316. The van der Waals surface area contributed by atoms with Crippen molar-refractivity contribution in [3.63, 3.8) is 0 Å². The van der Waals surface area contributed by atoms with Gasteiger partial charge in [0.05, 0.1) is 11.8 Å². The maximum atomic E-state index is 13.7. The zero-order chi connectivity index (χ0) is 29.0. The van der Waals surface area contributed by atoms with Crippen LogP contribution in [0.4, 0.5) is 13.2 Å². The number of benzene rings is 3. The first-order valence-electron chi connectivity index (χ1n) is 11.4. The molecule has 0 radical (unpaired) electrons. The number of hydrogen-bond acceptors (Lipinski definition) is 9. The van der Waals surface area contributed by atoms with E-state index < -0.39 is 36.2 Å². The summed E-state index contributed by atoms with van der Waals surface area (Å²) in [6, 6.07) is 14.5. The van der Waals surface area contributed by atoms with Gasteiger partial charge in [-0.3, -0.25) is 0 Å². The Kier molecular flexibility index (Phi) is 10.4. The summed E-state index contributed by atoms with van der Waals surface area (Å²) in [6.07, 6.45) is -2.61. The lowest BCUT2D eigenvalue weighted by molar-refractivity contribution is -0.144. The first kappa shape index (κ1) is 29.4.